The van der Waals surface area contributed by atoms with Gasteiger partial charge in [0.05, 0.1) is 0 Å². The molecule has 0 aromatic heterocycles. The third-order valence-corrected chi connectivity index (χ3v) is 2.48. The number of aliphatic carboxylic acids is 1. The van der Waals surface area contributed by atoms with Crippen molar-refractivity contribution < 1.29 is 14.3 Å². The van der Waals surface area contributed by atoms with Crippen LogP contribution in [-0.2, 0) is 17.9 Å². The molecule has 4 heteroatoms. The Bertz CT molecular complexity index is 337. The molecule has 0 saturated heterocycles. The van der Waals surface area contributed by atoms with Crippen molar-refractivity contribution in [3.63, 3.8) is 0 Å². The Hall–Kier alpha value is -1.42. The normalized spacial score (nSPS) is 12.4. The van der Waals surface area contributed by atoms with Crippen molar-refractivity contribution in [3.05, 3.63) is 35.4 Å². The molecule has 1 aromatic rings. The molecule has 0 bridgehead atoms. The van der Waals surface area contributed by atoms with Gasteiger partial charge in [-0.15, -0.1) is 0 Å². The fraction of sp³-hybridized carbons (Fsp3) is 0.417. The van der Waals surface area contributed by atoms with Gasteiger partial charge < -0.3 is 10.8 Å². The van der Waals surface area contributed by atoms with Crippen LogP contribution in [0.3, 0.4) is 0 Å². The number of carbonyl (C=O) groups is 1. The number of nitrogens with two attached hydrogens (primary N) is 1. The van der Waals surface area contributed by atoms with Gasteiger partial charge in [-0.3, -0.25) is 4.79 Å². The van der Waals surface area contributed by atoms with Crippen molar-refractivity contribution in [2.45, 2.75) is 32.0 Å². The average molecular weight is 225 g/mol. The first-order valence-electron chi connectivity index (χ1n) is 5.25. The highest BCUT2D eigenvalue weighted by Crippen LogP contribution is 2.09. The number of aryl methyl sites for hydroxylation is 1. The summed E-state index contributed by atoms with van der Waals surface area (Å²) in [7, 11) is 0. The quantitative estimate of drug-likeness (QED) is 0.777. The van der Waals surface area contributed by atoms with Crippen molar-refractivity contribution in [3.8, 4) is 0 Å². The van der Waals surface area contributed by atoms with Gasteiger partial charge in [0.2, 0.25) is 0 Å². The highest BCUT2D eigenvalue weighted by atomic mass is 19.1. The van der Waals surface area contributed by atoms with Crippen LogP contribution in [0.1, 0.15) is 24.0 Å². The molecule has 0 aliphatic rings. The van der Waals surface area contributed by atoms with Crippen molar-refractivity contribution in [2.24, 2.45) is 5.73 Å². The van der Waals surface area contributed by atoms with Gasteiger partial charge in [0, 0.05) is 0 Å². The van der Waals surface area contributed by atoms with Crippen LogP contribution in [-0.4, -0.2) is 17.1 Å². The topological polar surface area (TPSA) is 63.3 Å². The average Bonchev–Trinajstić information content (AvgIpc) is 2.29. The highest BCUT2D eigenvalue weighted by Gasteiger charge is 2.10. The van der Waals surface area contributed by atoms with Gasteiger partial charge in [0.1, 0.15) is 12.7 Å². The Morgan fingerprint density at radius 2 is 1.88 bits per heavy atom. The number of hydrogen-bond donors (Lipinski definition) is 2. The Morgan fingerprint density at radius 3 is 2.38 bits per heavy atom. The first kappa shape index (κ1) is 12.6. The smallest absolute Gasteiger partial charge is 0.320 e. The van der Waals surface area contributed by atoms with Gasteiger partial charge in [-0.2, -0.15) is 0 Å². The first-order chi connectivity index (χ1) is 7.63. The molecule has 1 rings (SSSR count). The molecule has 0 aliphatic heterocycles. The monoisotopic (exact) mass is 225 g/mol. The van der Waals surface area contributed by atoms with Gasteiger partial charge >= 0.3 is 5.97 Å². The summed E-state index contributed by atoms with van der Waals surface area (Å²) >= 11 is 0. The van der Waals surface area contributed by atoms with E-state index in [2.05, 4.69) is 0 Å². The van der Waals surface area contributed by atoms with Crippen LogP contribution in [0.4, 0.5) is 4.39 Å². The molecule has 0 radical (unpaired) electrons. The summed E-state index contributed by atoms with van der Waals surface area (Å²) in [6.45, 7) is -0.454. The minimum absolute atomic E-state index is 0.454. The second-order valence-corrected chi connectivity index (χ2v) is 3.79. The molecule has 0 unspecified atom stereocenters. The van der Waals surface area contributed by atoms with Gasteiger partial charge in [-0.1, -0.05) is 24.3 Å². The molecular formula is C12H16FNO2. The molecule has 0 saturated carbocycles. The molecule has 0 spiro atoms. The van der Waals surface area contributed by atoms with Gasteiger partial charge in [-0.05, 0) is 30.4 Å². The SMILES string of the molecule is N[C@@H](CCCc1ccc(CF)cc1)C(=O)O. The zero-order valence-corrected chi connectivity index (χ0v) is 9.03. The Labute approximate surface area is 94.1 Å². The lowest BCUT2D eigenvalue weighted by molar-refractivity contribution is -0.138. The largest absolute Gasteiger partial charge is 0.480 e. The zero-order chi connectivity index (χ0) is 12.0. The van der Waals surface area contributed by atoms with Gasteiger partial charge in [-0.25, -0.2) is 4.39 Å². The molecule has 88 valence electrons. The van der Waals surface area contributed by atoms with E-state index in [0.717, 1.165) is 18.4 Å². The maximum absolute atomic E-state index is 12.2. The minimum atomic E-state index is -0.965. The fourth-order valence-electron chi connectivity index (χ4n) is 1.44. The third kappa shape index (κ3) is 3.98. The third-order valence-electron chi connectivity index (χ3n) is 2.48. The molecule has 0 heterocycles. The molecule has 3 N–H and O–H groups in total. The summed E-state index contributed by atoms with van der Waals surface area (Å²) in [4.78, 5) is 10.5. The second-order valence-electron chi connectivity index (χ2n) is 3.79. The molecule has 0 amide bonds. The second kappa shape index (κ2) is 6.23. The number of halogens is 1. The minimum Gasteiger partial charge on any atom is -0.480 e. The van der Waals surface area contributed by atoms with Crippen LogP contribution >= 0.6 is 0 Å². The van der Waals surface area contributed by atoms with Gasteiger partial charge in [0.25, 0.3) is 0 Å². The molecule has 3 nitrogen and oxygen atoms in total. The Kier molecular flexibility index (Phi) is 4.92. The molecule has 1 atom stereocenters. The standard InChI is InChI=1S/C12H16FNO2/c13-8-10-6-4-9(5-7-10)2-1-3-11(14)12(15)16/h4-7,11H,1-3,8,14H2,(H,15,16)/t11-/m0/s1. The predicted molar refractivity (Wildman–Crippen MR) is 59.8 cm³/mol. The van der Waals surface area contributed by atoms with E-state index in [1.807, 2.05) is 12.1 Å². The number of carboxylic acid groups (broad SMARTS) is 1. The van der Waals surface area contributed by atoms with E-state index < -0.39 is 18.7 Å². The molecule has 0 aliphatic carbocycles. The molecule has 16 heavy (non-hydrogen) atoms. The van der Waals surface area contributed by atoms with Crippen LogP contribution < -0.4 is 5.73 Å². The van der Waals surface area contributed by atoms with Crippen LogP contribution in [0.15, 0.2) is 24.3 Å². The summed E-state index contributed by atoms with van der Waals surface area (Å²) < 4.78 is 12.2. The van der Waals surface area contributed by atoms with E-state index in [4.69, 9.17) is 10.8 Å². The van der Waals surface area contributed by atoms with Crippen LogP contribution in [0.5, 0.6) is 0 Å². The lowest BCUT2D eigenvalue weighted by Crippen LogP contribution is -2.29. The number of benzene rings is 1. The van der Waals surface area contributed by atoms with E-state index in [1.54, 1.807) is 12.1 Å². The number of carboxylic acids is 1. The summed E-state index contributed by atoms with van der Waals surface area (Å²) in [5, 5.41) is 8.58. The summed E-state index contributed by atoms with van der Waals surface area (Å²) in [6.07, 6.45) is 1.95. The predicted octanol–water partition coefficient (Wildman–Crippen LogP) is 1.89. The van der Waals surface area contributed by atoms with Crippen molar-refractivity contribution in [1.29, 1.82) is 0 Å². The van der Waals surface area contributed by atoms with Crippen molar-refractivity contribution >= 4 is 5.97 Å². The Balaban J connectivity index is 2.34. The lowest BCUT2D eigenvalue weighted by atomic mass is 10.0. The highest BCUT2D eigenvalue weighted by molar-refractivity contribution is 5.72. The lowest BCUT2D eigenvalue weighted by Gasteiger charge is -2.06. The van der Waals surface area contributed by atoms with Gasteiger partial charge in [0.15, 0.2) is 0 Å². The molecule has 0 fully saturated rings. The Morgan fingerprint density at radius 1 is 1.31 bits per heavy atom. The van der Waals surface area contributed by atoms with Crippen LogP contribution in [0.25, 0.3) is 0 Å². The number of alkyl halides is 1. The van der Waals surface area contributed by atoms with E-state index >= 15 is 0 Å². The number of hydrogen-bond acceptors (Lipinski definition) is 2. The van der Waals surface area contributed by atoms with E-state index in [1.165, 1.54) is 0 Å². The fourth-order valence-corrected chi connectivity index (χ4v) is 1.44. The molecular weight excluding hydrogens is 209 g/mol. The maximum atomic E-state index is 12.2. The van der Waals surface area contributed by atoms with Crippen molar-refractivity contribution in [2.75, 3.05) is 0 Å². The van der Waals surface area contributed by atoms with E-state index in [9.17, 15) is 9.18 Å². The van der Waals surface area contributed by atoms with Crippen LogP contribution in [0, 0.1) is 0 Å². The molecule has 1 aromatic carbocycles. The van der Waals surface area contributed by atoms with Crippen LogP contribution in [0.2, 0.25) is 0 Å². The summed E-state index contributed by atoms with van der Waals surface area (Å²) in [5.41, 5.74) is 7.11. The maximum Gasteiger partial charge on any atom is 0.320 e. The zero-order valence-electron chi connectivity index (χ0n) is 9.03. The van der Waals surface area contributed by atoms with E-state index in [0.29, 0.717) is 12.0 Å². The van der Waals surface area contributed by atoms with E-state index in [-0.39, 0.29) is 0 Å². The summed E-state index contributed by atoms with van der Waals surface area (Å²) in [5.74, 6) is -0.965. The van der Waals surface area contributed by atoms with Crippen molar-refractivity contribution in [1.82, 2.24) is 0 Å². The first-order valence-corrected chi connectivity index (χ1v) is 5.25. The summed E-state index contributed by atoms with van der Waals surface area (Å²) in [6, 6.07) is 6.42. The number of rotatable bonds is 6.